The molecule has 0 amide bonds. The van der Waals surface area contributed by atoms with Crippen LogP contribution in [0.5, 0.6) is 5.75 Å². The monoisotopic (exact) mass is 388 g/mol. The number of sulfonamides is 1. The molecular weight excluding hydrogens is 372 g/mol. The van der Waals surface area contributed by atoms with Crippen LogP contribution in [0.4, 0.5) is 5.13 Å². The molecule has 130 valence electrons. The molecule has 3 rings (SSSR count). The van der Waals surface area contributed by atoms with Crippen LogP contribution in [-0.2, 0) is 10.0 Å². The van der Waals surface area contributed by atoms with Crippen LogP contribution in [0.25, 0.3) is 0 Å². The summed E-state index contributed by atoms with van der Waals surface area (Å²) in [6, 6.07) is 4.60. The first kappa shape index (κ1) is 17.4. The third kappa shape index (κ3) is 3.34. The molecular formula is C14H17ClN4O3S2. The fraction of sp³-hybridized carbons (Fsp3) is 0.429. The van der Waals surface area contributed by atoms with Crippen LogP contribution in [0.15, 0.2) is 23.1 Å². The van der Waals surface area contributed by atoms with Crippen molar-refractivity contribution in [3.05, 3.63) is 28.2 Å². The van der Waals surface area contributed by atoms with Crippen LogP contribution in [0, 0.1) is 6.92 Å². The van der Waals surface area contributed by atoms with Crippen LogP contribution < -0.4 is 9.64 Å². The smallest absolute Gasteiger partial charge is 0.246 e. The molecule has 2 heterocycles. The standard InChI is InChI=1S/C14H17ClN4O3S2/c1-10-16-17-14(23-10)18-5-7-19(8-6-18)24(20,21)13-9-11(15)3-4-12(13)22-2/h3-4,9H,5-8H2,1-2H3. The van der Waals surface area contributed by atoms with E-state index < -0.39 is 10.0 Å². The number of halogens is 1. The highest BCUT2D eigenvalue weighted by atomic mass is 35.5. The van der Waals surface area contributed by atoms with E-state index in [0.717, 1.165) is 10.1 Å². The first-order chi connectivity index (χ1) is 11.4. The van der Waals surface area contributed by atoms with Crippen molar-refractivity contribution in [3.63, 3.8) is 0 Å². The third-order valence-corrected chi connectivity index (χ3v) is 6.82. The van der Waals surface area contributed by atoms with Gasteiger partial charge in [-0.25, -0.2) is 8.42 Å². The number of nitrogens with zero attached hydrogens (tertiary/aromatic N) is 4. The first-order valence-electron chi connectivity index (χ1n) is 7.30. The molecule has 0 atom stereocenters. The maximum Gasteiger partial charge on any atom is 0.246 e. The summed E-state index contributed by atoms with van der Waals surface area (Å²) in [4.78, 5) is 2.14. The number of benzene rings is 1. The van der Waals surface area contributed by atoms with Crippen LogP contribution in [-0.4, -0.2) is 56.2 Å². The van der Waals surface area contributed by atoms with Crippen LogP contribution in [0.2, 0.25) is 5.02 Å². The molecule has 10 heteroatoms. The Balaban J connectivity index is 1.79. The van der Waals surface area contributed by atoms with Crippen molar-refractivity contribution in [1.29, 1.82) is 0 Å². The fourth-order valence-corrected chi connectivity index (χ4v) is 5.10. The minimum absolute atomic E-state index is 0.0951. The largest absolute Gasteiger partial charge is 0.495 e. The highest BCUT2D eigenvalue weighted by Gasteiger charge is 2.31. The lowest BCUT2D eigenvalue weighted by Gasteiger charge is -2.33. The van der Waals surface area contributed by atoms with Crippen molar-refractivity contribution >= 4 is 38.1 Å². The Bertz CT molecular complexity index is 832. The Kier molecular flexibility index (Phi) is 4.95. The van der Waals surface area contributed by atoms with E-state index in [9.17, 15) is 8.42 Å². The number of methoxy groups -OCH3 is 1. The van der Waals surface area contributed by atoms with Gasteiger partial charge in [0.2, 0.25) is 15.2 Å². The van der Waals surface area contributed by atoms with Gasteiger partial charge in [-0.15, -0.1) is 10.2 Å². The number of anilines is 1. The van der Waals surface area contributed by atoms with Crippen molar-refractivity contribution in [1.82, 2.24) is 14.5 Å². The molecule has 0 spiro atoms. The molecule has 1 aliphatic rings. The SMILES string of the molecule is COc1ccc(Cl)cc1S(=O)(=O)N1CCN(c2nnc(C)s2)CC1. The summed E-state index contributed by atoms with van der Waals surface area (Å²) < 4.78 is 32.4. The van der Waals surface area contributed by atoms with Crippen molar-refractivity contribution < 1.29 is 13.2 Å². The van der Waals surface area contributed by atoms with Gasteiger partial charge in [0.1, 0.15) is 15.7 Å². The zero-order chi connectivity index (χ0) is 17.3. The molecule has 2 aromatic rings. The van der Waals surface area contributed by atoms with Crippen molar-refractivity contribution in [2.45, 2.75) is 11.8 Å². The summed E-state index contributed by atoms with van der Waals surface area (Å²) in [7, 11) is -2.22. The number of aryl methyl sites for hydroxylation is 1. The molecule has 0 aliphatic carbocycles. The normalized spacial score (nSPS) is 16.4. The van der Waals surface area contributed by atoms with Gasteiger partial charge in [0.25, 0.3) is 0 Å². The van der Waals surface area contributed by atoms with Gasteiger partial charge in [0.15, 0.2) is 0 Å². The van der Waals surface area contributed by atoms with Gasteiger partial charge in [-0.1, -0.05) is 22.9 Å². The van der Waals surface area contributed by atoms with Crippen LogP contribution >= 0.6 is 22.9 Å². The summed E-state index contributed by atoms with van der Waals surface area (Å²) in [6.45, 7) is 3.77. The summed E-state index contributed by atoms with van der Waals surface area (Å²) in [5.41, 5.74) is 0. The van der Waals surface area contributed by atoms with Gasteiger partial charge in [0.05, 0.1) is 7.11 Å². The van der Waals surface area contributed by atoms with Gasteiger partial charge in [0, 0.05) is 31.2 Å². The number of rotatable bonds is 4. The number of aromatic nitrogens is 2. The van der Waals surface area contributed by atoms with E-state index >= 15 is 0 Å². The predicted molar refractivity (Wildman–Crippen MR) is 93.6 cm³/mol. The second kappa shape index (κ2) is 6.83. The van der Waals surface area contributed by atoms with Gasteiger partial charge >= 0.3 is 0 Å². The van der Waals surface area contributed by atoms with E-state index in [4.69, 9.17) is 16.3 Å². The Morgan fingerprint density at radius 2 is 1.92 bits per heavy atom. The molecule has 7 nitrogen and oxygen atoms in total. The Hall–Kier alpha value is -1.42. The van der Waals surface area contributed by atoms with Gasteiger partial charge in [-0.05, 0) is 25.1 Å². The van der Waals surface area contributed by atoms with E-state index in [-0.39, 0.29) is 4.90 Å². The van der Waals surface area contributed by atoms with E-state index in [1.54, 1.807) is 12.1 Å². The van der Waals surface area contributed by atoms with E-state index in [1.165, 1.54) is 28.8 Å². The average molecular weight is 389 g/mol. The predicted octanol–water partition coefficient (Wildman–Crippen LogP) is 2.02. The fourth-order valence-electron chi connectivity index (χ4n) is 2.52. The maximum atomic E-state index is 12.9. The average Bonchev–Trinajstić information content (AvgIpc) is 3.01. The van der Waals surface area contributed by atoms with Gasteiger partial charge in [-0.2, -0.15) is 4.31 Å². The topological polar surface area (TPSA) is 75.6 Å². The number of ether oxygens (including phenoxy) is 1. The summed E-state index contributed by atoms with van der Waals surface area (Å²) >= 11 is 7.47. The molecule has 0 radical (unpaired) electrons. The van der Waals surface area contributed by atoms with E-state index in [1.807, 2.05) is 11.8 Å². The molecule has 24 heavy (non-hydrogen) atoms. The number of hydrogen-bond acceptors (Lipinski definition) is 7. The minimum atomic E-state index is -3.66. The lowest BCUT2D eigenvalue weighted by molar-refractivity contribution is 0.374. The number of piperazine rings is 1. The van der Waals surface area contributed by atoms with E-state index in [2.05, 4.69) is 10.2 Å². The Labute approximate surface area is 149 Å². The quantitative estimate of drug-likeness (QED) is 0.797. The zero-order valence-electron chi connectivity index (χ0n) is 13.3. The summed E-state index contributed by atoms with van der Waals surface area (Å²) in [5.74, 6) is 0.293. The third-order valence-electron chi connectivity index (χ3n) is 3.77. The minimum Gasteiger partial charge on any atom is -0.495 e. The molecule has 1 aromatic heterocycles. The second-order valence-corrected chi connectivity index (χ2v) is 8.79. The van der Waals surface area contributed by atoms with Crippen molar-refractivity contribution in [2.75, 3.05) is 38.2 Å². The molecule has 0 unspecified atom stereocenters. The lowest BCUT2D eigenvalue weighted by Crippen LogP contribution is -2.48. The number of hydrogen-bond donors (Lipinski definition) is 0. The lowest BCUT2D eigenvalue weighted by atomic mass is 10.3. The molecule has 1 saturated heterocycles. The molecule has 1 fully saturated rings. The Morgan fingerprint density at radius 3 is 2.50 bits per heavy atom. The zero-order valence-corrected chi connectivity index (χ0v) is 15.7. The first-order valence-corrected chi connectivity index (χ1v) is 9.94. The van der Waals surface area contributed by atoms with Crippen molar-refractivity contribution in [3.8, 4) is 5.75 Å². The molecule has 1 aromatic carbocycles. The molecule has 0 bridgehead atoms. The second-order valence-electron chi connectivity index (χ2n) is 5.29. The van der Waals surface area contributed by atoms with Gasteiger partial charge in [-0.3, -0.25) is 0 Å². The van der Waals surface area contributed by atoms with Crippen molar-refractivity contribution in [2.24, 2.45) is 0 Å². The molecule has 1 aliphatic heterocycles. The summed E-state index contributed by atoms with van der Waals surface area (Å²) in [6.07, 6.45) is 0. The molecule has 0 saturated carbocycles. The highest BCUT2D eigenvalue weighted by Crippen LogP contribution is 2.30. The van der Waals surface area contributed by atoms with E-state index in [0.29, 0.717) is 37.0 Å². The Morgan fingerprint density at radius 1 is 1.21 bits per heavy atom. The van der Waals surface area contributed by atoms with Crippen LogP contribution in [0.1, 0.15) is 5.01 Å². The maximum absolute atomic E-state index is 12.9. The highest BCUT2D eigenvalue weighted by molar-refractivity contribution is 7.89. The molecule has 0 N–H and O–H groups in total. The summed E-state index contributed by atoms with van der Waals surface area (Å²) in [5, 5.41) is 10.2. The van der Waals surface area contributed by atoms with Crippen LogP contribution in [0.3, 0.4) is 0 Å². The van der Waals surface area contributed by atoms with Gasteiger partial charge < -0.3 is 9.64 Å².